The van der Waals surface area contributed by atoms with Crippen molar-refractivity contribution >= 4 is 29.3 Å². The molecule has 0 spiro atoms. The number of halogens is 1. The smallest absolute Gasteiger partial charge is 0.257 e. The minimum atomic E-state index is -0.562. The molecule has 0 radical (unpaired) electrons. The van der Waals surface area contributed by atoms with Crippen LogP contribution < -0.4 is 25.6 Å². The van der Waals surface area contributed by atoms with Crippen LogP contribution >= 0.6 is 11.6 Å². The molecule has 0 atom stereocenters. The topological polar surface area (TPSA) is 106 Å². The Hall–Kier alpha value is -3.26. The predicted octanol–water partition coefficient (Wildman–Crippen LogP) is 1.19. The van der Waals surface area contributed by atoms with Crippen molar-refractivity contribution in [2.75, 3.05) is 13.3 Å². The van der Waals surface area contributed by atoms with Crippen molar-refractivity contribution < 1.29 is 23.9 Å². The second-order valence-corrected chi connectivity index (χ2v) is 6.09. The fourth-order valence-electron chi connectivity index (χ4n) is 2.32. The first-order valence-corrected chi connectivity index (χ1v) is 8.39. The number of nitrogens with one attached hydrogen (secondary N) is 3. The molecule has 1 aliphatic rings. The quantitative estimate of drug-likeness (QED) is 0.666. The second-order valence-electron chi connectivity index (χ2n) is 5.65. The van der Waals surface area contributed by atoms with Crippen molar-refractivity contribution in [3.8, 4) is 11.5 Å². The average Bonchev–Trinajstić information content (AvgIpc) is 3.14. The van der Waals surface area contributed by atoms with Crippen LogP contribution in [0.3, 0.4) is 0 Å². The molecule has 0 fully saturated rings. The summed E-state index contributed by atoms with van der Waals surface area (Å²) < 4.78 is 10.4. The Morgan fingerprint density at radius 2 is 1.63 bits per heavy atom. The molecule has 2 aromatic rings. The van der Waals surface area contributed by atoms with Gasteiger partial charge in [0, 0.05) is 10.6 Å². The summed E-state index contributed by atoms with van der Waals surface area (Å²) in [5.41, 5.74) is 5.61. The van der Waals surface area contributed by atoms with Crippen molar-refractivity contribution in [3.63, 3.8) is 0 Å². The van der Waals surface area contributed by atoms with Gasteiger partial charge in [0.15, 0.2) is 11.5 Å². The summed E-state index contributed by atoms with van der Waals surface area (Å²) in [7, 11) is 0. The molecule has 3 amide bonds. The molecule has 8 nitrogen and oxygen atoms in total. The van der Waals surface area contributed by atoms with Crippen LogP contribution in [0.1, 0.15) is 15.9 Å². The first-order chi connectivity index (χ1) is 13.0. The number of rotatable bonds is 5. The fraction of sp³-hybridized carbons (Fsp3) is 0.167. The number of benzene rings is 2. The minimum absolute atomic E-state index is 0.0843. The largest absolute Gasteiger partial charge is 0.454 e. The van der Waals surface area contributed by atoms with Crippen LogP contribution in [-0.2, 0) is 16.0 Å². The van der Waals surface area contributed by atoms with Gasteiger partial charge in [-0.05, 0) is 35.9 Å². The van der Waals surface area contributed by atoms with E-state index in [2.05, 4.69) is 16.2 Å². The highest BCUT2D eigenvalue weighted by atomic mass is 35.5. The highest BCUT2D eigenvalue weighted by molar-refractivity contribution is 6.30. The summed E-state index contributed by atoms with van der Waals surface area (Å²) in [5.74, 6) is -0.369. The molecule has 3 N–H and O–H groups in total. The van der Waals surface area contributed by atoms with Crippen LogP contribution in [0.2, 0.25) is 5.02 Å². The number of carbonyl (C=O) groups excluding carboxylic acids is 3. The first-order valence-electron chi connectivity index (χ1n) is 8.01. The van der Waals surface area contributed by atoms with Crippen LogP contribution in [-0.4, -0.2) is 31.1 Å². The van der Waals surface area contributed by atoms with Gasteiger partial charge in [-0.25, -0.2) is 0 Å². The zero-order valence-corrected chi connectivity index (χ0v) is 14.8. The average molecular weight is 390 g/mol. The Labute approximate surface area is 159 Å². The van der Waals surface area contributed by atoms with E-state index in [0.717, 1.165) is 5.56 Å². The van der Waals surface area contributed by atoms with Gasteiger partial charge in [0.1, 0.15) is 0 Å². The number of hydrazine groups is 1. The number of ether oxygens (including phenoxy) is 2. The fourth-order valence-corrected chi connectivity index (χ4v) is 2.44. The second kappa shape index (κ2) is 8.41. The van der Waals surface area contributed by atoms with Crippen molar-refractivity contribution in [1.29, 1.82) is 0 Å². The third-order valence-electron chi connectivity index (χ3n) is 3.66. The Kier molecular flexibility index (Phi) is 5.77. The maximum absolute atomic E-state index is 12.1. The summed E-state index contributed by atoms with van der Waals surface area (Å²) in [4.78, 5) is 35.6. The molecule has 27 heavy (non-hydrogen) atoms. The van der Waals surface area contributed by atoms with E-state index in [9.17, 15) is 14.4 Å². The van der Waals surface area contributed by atoms with Crippen LogP contribution in [0.25, 0.3) is 0 Å². The Morgan fingerprint density at radius 1 is 0.926 bits per heavy atom. The SMILES string of the molecule is O=C(CNC(=O)c1ccc2c(c1)OCO2)NNC(=O)Cc1ccc(Cl)cc1. The van der Waals surface area contributed by atoms with E-state index in [0.29, 0.717) is 22.1 Å². The van der Waals surface area contributed by atoms with Gasteiger partial charge >= 0.3 is 0 Å². The molecule has 0 unspecified atom stereocenters. The Balaban J connectivity index is 1.40. The summed E-state index contributed by atoms with van der Waals surface area (Å²) in [6.07, 6.45) is 0.0843. The van der Waals surface area contributed by atoms with Crippen molar-refractivity contribution in [1.82, 2.24) is 16.2 Å². The molecular formula is C18H16ClN3O5. The molecule has 0 aromatic heterocycles. The van der Waals surface area contributed by atoms with Crippen molar-refractivity contribution in [3.05, 3.63) is 58.6 Å². The van der Waals surface area contributed by atoms with Gasteiger partial charge in [0.2, 0.25) is 12.7 Å². The van der Waals surface area contributed by atoms with E-state index in [-0.39, 0.29) is 19.8 Å². The molecule has 0 bridgehead atoms. The number of amides is 3. The van der Waals surface area contributed by atoms with Crippen LogP contribution in [0.4, 0.5) is 0 Å². The standard InChI is InChI=1S/C18H16ClN3O5/c19-13-4-1-11(2-5-13)7-16(23)21-22-17(24)9-20-18(25)12-3-6-14-15(8-12)27-10-26-14/h1-6,8H,7,9-10H2,(H,20,25)(H,21,23)(H,22,24). The molecule has 0 saturated heterocycles. The number of carbonyl (C=O) groups is 3. The van der Waals surface area contributed by atoms with Gasteiger partial charge in [-0.15, -0.1) is 0 Å². The van der Waals surface area contributed by atoms with E-state index in [1.165, 1.54) is 6.07 Å². The summed E-state index contributed by atoms with van der Waals surface area (Å²) in [6, 6.07) is 11.5. The van der Waals surface area contributed by atoms with Gasteiger partial charge in [-0.2, -0.15) is 0 Å². The predicted molar refractivity (Wildman–Crippen MR) is 96.3 cm³/mol. The van der Waals surface area contributed by atoms with E-state index in [1.54, 1.807) is 36.4 Å². The van der Waals surface area contributed by atoms with Gasteiger partial charge in [0.25, 0.3) is 11.8 Å². The van der Waals surface area contributed by atoms with E-state index in [4.69, 9.17) is 21.1 Å². The molecule has 1 heterocycles. The minimum Gasteiger partial charge on any atom is -0.454 e. The summed E-state index contributed by atoms with van der Waals surface area (Å²) in [5, 5.41) is 3.03. The van der Waals surface area contributed by atoms with E-state index >= 15 is 0 Å². The maximum atomic E-state index is 12.1. The molecule has 2 aromatic carbocycles. The van der Waals surface area contributed by atoms with Crippen molar-refractivity contribution in [2.24, 2.45) is 0 Å². The normalized spacial score (nSPS) is 11.6. The molecule has 140 valence electrons. The number of hydrogen-bond donors (Lipinski definition) is 3. The number of hydrogen-bond acceptors (Lipinski definition) is 5. The monoisotopic (exact) mass is 389 g/mol. The summed E-state index contributed by atoms with van der Waals surface area (Å²) >= 11 is 5.78. The van der Waals surface area contributed by atoms with Crippen LogP contribution in [0, 0.1) is 0 Å². The first kappa shape index (κ1) is 18.5. The van der Waals surface area contributed by atoms with Gasteiger partial charge in [0.05, 0.1) is 13.0 Å². The van der Waals surface area contributed by atoms with Gasteiger partial charge in [-0.1, -0.05) is 23.7 Å². The third kappa shape index (κ3) is 5.11. The molecule has 1 aliphatic heterocycles. The lowest BCUT2D eigenvalue weighted by molar-refractivity contribution is -0.128. The zero-order chi connectivity index (χ0) is 19.2. The highest BCUT2D eigenvalue weighted by Gasteiger charge is 2.16. The molecule has 3 rings (SSSR count). The highest BCUT2D eigenvalue weighted by Crippen LogP contribution is 2.32. The van der Waals surface area contributed by atoms with E-state index < -0.39 is 17.7 Å². The lowest BCUT2D eigenvalue weighted by Crippen LogP contribution is -2.46. The van der Waals surface area contributed by atoms with Gasteiger partial charge < -0.3 is 14.8 Å². The zero-order valence-electron chi connectivity index (χ0n) is 14.1. The van der Waals surface area contributed by atoms with Crippen LogP contribution in [0.15, 0.2) is 42.5 Å². The number of fused-ring (bicyclic) bond motifs is 1. The summed E-state index contributed by atoms with van der Waals surface area (Å²) in [6.45, 7) is -0.187. The lowest BCUT2D eigenvalue weighted by atomic mass is 10.1. The van der Waals surface area contributed by atoms with Gasteiger partial charge in [-0.3, -0.25) is 25.2 Å². The Morgan fingerprint density at radius 3 is 2.41 bits per heavy atom. The molecule has 9 heteroatoms. The maximum Gasteiger partial charge on any atom is 0.257 e. The molecular weight excluding hydrogens is 374 g/mol. The van der Waals surface area contributed by atoms with E-state index in [1.807, 2.05) is 0 Å². The third-order valence-corrected chi connectivity index (χ3v) is 3.92. The lowest BCUT2D eigenvalue weighted by Gasteiger charge is -2.09. The van der Waals surface area contributed by atoms with Crippen LogP contribution in [0.5, 0.6) is 11.5 Å². The molecule has 0 saturated carbocycles. The van der Waals surface area contributed by atoms with Crippen molar-refractivity contribution in [2.45, 2.75) is 6.42 Å². The molecule has 0 aliphatic carbocycles. The Bertz CT molecular complexity index is 870.